The van der Waals surface area contributed by atoms with Gasteiger partial charge in [0.1, 0.15) is 30.2 Å². The van der Waals surface area contributed by atoms with Crippen molar-refractivity contribution in [1.82, 2.24) is 4.57 Å². The zero-order valence-corrected chi connectivity index (χ0v) is 17.6. The van der Waals surface area contributed by atoms with E-state index >= 15 is 0 Å². The molecule has 0 amide bonds. The molecular weight excluding hydrogens is 440 g/mol. The third-order valence-corrected chi connectivity index (χ3v) is 5.21. The van der Waals surface area contributed by atoms with E-state index in [0.717, 1.165) is 0 Å². The van der Waals surface area contributed by atoms with Crippen LogP contribution < -0.4 is 10.3 Å². The molecule has 33 heavy (non-hydrogen) atoms. The molecule has 0 saturated heterocycles. The van der Waals surface area contributed by atoms with Crippen molar-refractivity contribution in [2.24, 2.45) is 0 Å². The minimum absolute atomic E-state index is 0.192. The molecule has 1 N–H and O–H groups in total. The Morgan fingerprint density at radius 3 is 2.64 bits per heavy atom. The summed E-state index contributed by atoms with van der Waals surface area (Å²) in [5.74, 6) is 0.389. The number of aliphatic hydroxyl groups is 1. The predicted octanol–water partition coefficient (Wildman–Crippen LogP) is 1.17. The van der Waals surface area contributed by atoms with Crippen molar-refractivity contribution in [3.05, 3.63) is 83.8 Å². The van der Waals surface area contributed by atoms with Gasteiger partial charge in [-0.3, -0.25) is 4.79 Å². The number of hydrogen-bond donors (Lipinski definition) is 1. The lowest BCUT2D eigenvalue weighted by Crippen LogP contribution is -2.52. The fourth-order valence-electron chi connectivity index (χ4n) is 3.68. The van der Waals surface area contributed by atoms with E-state index in [2.05, 4.69) is 9.68 Å². The van der Waals surface area contributed by atoms with Crippen LogP contribution in [0.15, 0.2) is 41.3 Å². The second-order valence-corrected chi connectivity index (χ2v) is 7.92. The average molecular weight is 460 g/mol. The normalized spacial score (nSPS) is 19.3. The van der Waals surface area contributed by atoms with Crippen LogP contribution in [0.1, 0.15) is 36.6 Å². The van der Waals surface area contributed by atoms with Gasteiger partial charge in [-0.05, 0) is 37.6 Å². The van der Waals surface area contributed by atoms with Gasteiger partial charge < -0.3 is 24.1 Å². The number of fused-ring (bicyclic) bond motifs is 1. The number of hydrogen-bond acceptors (Lipinski definition) is 10. The number of benzene rings is 1. The van der Waals surface area contributed by atoms with E-state index in [0.29, 0.717) is 22.4 Å². The molecule has 0 radical (unpaired) electrons. The molecule has 1 aliphatic heterocycles. The second kappa shape index (κ2) is 9.13. The maximum atomic E-state index is 12.8. The Morgan fingerprint density at radius 1 is 1.27 bits per heavy atom. The summed E-state index contributed by atoms with van der Waals surface area (Å²) in [6, 6.07) is 8.32. The van der Waals surface area contributed by atoms with Gasteiger partial charge in [-0.2, -0.15) is 5.26 Å². The molecule has 174 valence electrons. The molecule has 0 bridgehead atoms. The van der Waals surface area contributed by atoms with Crippen LogP contribution in [0.5, 0.6) is 5.75 Å². The van der Waals surface area contributed by atoms with E-state index < -0.39 is 46.2 Å². The number of rotatable bonds is 8. The molecule has 1 aliphatic rings. The Hall–Kier alpha value is -4.18. The standard InChI is InChI=1S/C20H20N4O9/c1-20(2)19(26)18(15-8-12(9-21)3-5-16(15)32-20)22-10-13(4-6-17(22)25)7-14(33-24(29)30)11-31-23(27)28/h3-6,8,10,14,18-19,26H,7,11H2,1-2H3. The molecule has 13 nitrogen and oxygen atoms in total. The van der Waals surface area contributed by atoms with Gasteiger partial charge >= 0.3 is 0 Å². The van der Waals surface area contributed by atoms with E-state index in [4.69, 9.17) is 4.74 Å². The molecule has 1 aromatic heterocycles. The zero-order valence-electron chi connectivity index (χ0n) is 17.6. The summed E-state index contributed by atoms with van der Waals surface area (Å²) >= 11 is 0. The van der Waals surface area contributed by atoms with Gasteiger partial charge in [-0.15, -0.1) is 20.2 Å². The lowest BCUT2D eigenvalue weighted by atomic mass is 9.85. The van der Waals surface area contributed by atoms with Crippen LogP contribution in [0.25, 0.3) is 0 Å². The first-order valence-corrected chi connectivity index (χ1v) is 9.72. The monoisotopic (exact) mass is 460 g/mol. The average Bonchev–Trinajstić information content (AvgIpc) is 2.74. The third kappa shape index (κ3) is 5.18. The Labute approximate surface area is 186 Å². The van der Waals surface area contributed by atoms with E-state index in [-0.39, 0.29) is 6.42 Å². The van der Waals surface area contributed by atoms with Gasteiger partial charge in [-0.25, -0.2) is 0 Å². The molecule has 2 aromatic rings. The number of nitrogens with zero attached hydrogens (tertiary/aromatic N) is 4. The van der Waals surface area contributed by atoms with Gasteiger partial charge in [-0.1, -0.05) is 6.07 Å². The van der Waals surface area contributed by atoms with Crippen LogP contribution in [-0.2, 0) is 16.1 Å². The minimum Gasteiger partial charge on any atom is -0.485 e. The third-order valence-electron chi connectivity index (χ3n) is 5.21. The predicted molar refractivity (Wildman–Crippen MR) is 109 cm³/mol. The molecule has 2 heterocycles. The lowest BCUT2D eigenvalue weighted by molar-refractivity contribution is -0.789. The van der Waals surface area contributed by atoms with Gasteiger partial charge in [0, 0.05) is 24.2 Å². The number of ether oxygens (including phenoxy) is 1. The molecule has 1 aromatic carbocycles. The van der Waals surface area contributed by atoms with Crippen molar-refractivity contribution in [2.45, 2.75) is 44.1 Å². The maximum Gasteiger partial charge on any atom is 0.294 e. The first-order valence-electron chi connectivity index (χ1n) is 9.72. The highest BCUT2D eigenvalue weighted by Gasteiger charge is 2.44. The highest BCUT2D eigenvalue weighted by Crippen LogP contribution is 2.41. The Bertz CT molecular complexity index is 1170. The summed E-state index contributed by atoms with van der Waals surface area (Å²) in [5, 5.41) is 39.4. The fraction of sp³-hybridized carbons (Fsp3) is 0.400. The highest BCUT2D eigenvalue weighted by atomic mass is 17.0. The topological polar surface area (TPSA) is 180 Å². The van der Waals surface area contributed by atoms with Crippen LogP contribution in [0.4, 0.5) is 0 Å². The van der Waals surface area contributed by atoms with Gasteiger partial charge in [0.15, 0.2) is 0 Å². The number of aromatic nitrogens is 1. The smallest absolute Gasteiger partial charge is 0.294 e. The lowest BCUT2D eigenvalue weighted by Gasteiger charge is -2.42. The SMILES string of the molecule is CC1(C)Oc2ccc(C#N)cc2C(n2cc(CC(CO[N+](=O)[O-])O[N+](=O)[O-])ccc2=O)C1O. The van der Waals surface area contributed by atoms with E-state index in [1.165, 1.54) is 29.0 Å². The Morgan fingerprint density at radius 2 is 2.00 bits per heavy atom. The molecule has 0 fully saturated rings. The molecule has 0 spiro atoms. The van der Waals surface area contributed by atoms with Crippen molar-refractivity contribution in [3.63, 3.8) is 0 Å². The highest BCUT2D eigenvalue weighted by molar-refractivity contribution is 5.46. The maximum absolute atomic E-state index is 12.8. The van der Waals surface area contributed by atoms with Gasteiger partial charge in [0.25, 0.3) is 15.7 Å². The van der Waals surface area contributed by atoms with Crippen molar-refractivity contribution in [2.75, 3.05) is 6.61 Å². The van der Waals surface area contributed by atoms with Crippen LogP contribution >= 0.6 is 0 Å². The fourth-order valence-corrected chi connectivity index (χ4v) is 3.68. The Kier molecular flexibility index (Phi) is 6.50. The van der Waals surface area contributed by atoms with Crippen LogP contribution in [0.3, 0.4) is 0 Å². The van der Waals surface area contributed by atoms with Gasteiger partial charge in [0.2, 0.25) is 0 Å². The van der Waals surface area contributed by atoms with E-state index in [1.807, 2.05) is 6.07 Å². The summed E-state index contributed by atoms with van der Waals surface area (Å²) in [7, 11) is 0. The van der Waals surface area contributed by atoms with E-state index in [9.17, 15) is 35.4 Å². The van der Waals surface area contributed by atoms with Crippen molar-refractivity contribution >= 4 is 0 Å². The molecule has 0 saturated carbocycles. The van der Waals surface area contributed by atoms with Gasteiger partial charge in [0.05, 0.1) is 17.7 Å². The molecule has 3 atom stereocenters. The molecule has 0 aliphatic carbocycles. The Balaban J connectivity index is 2.03. The summed E-state index contributed by atoms with van der Waals surface area (Å²) in [5.41, 5.74) is -0.493. The quantitative estimate of drug-likeness (QED) is 0.443. The minimum atomic E-state index is -1.31. The van der Waals surface area contributed by atoms with Crippen LogP contribution in [0, 0.1) is 31.6 Å². The number of aliphatic hydroxyl groups excluding tert-OH is 1. The summed E-state index contributed by atoms with van der Waals surface area (Å²) < 4.78 is 7.10. The van der Waals surface area contributed by atoms with Crippen molar-refractivity contribution in [1.29, 1.82) is 5.26 Å². The molecule has 13 heteroatoms. The molecule has 3 unspecified atom stereocenters. The van der Waals surface area contributed by atoms with Crippen molar-refractivity contribution < 1.29 is 29.7 Å². The summed E-state index contributed by atoms with van der Waals surface area (Å²) in [6.45, 7) is 2.60. The van der Waals surface area contributed by atoms with Crippen molar-refractivity contribution in [3.8, 4) is 11.8 Å². The summed E-state index contributed by atoms with van der Waals surface area (Å²) in [6.07, 6.45) is -1.33. The first-order chi connectivity index (χ1) is 15.5. The second-order valence-electron chi connectivity index (χ2n) is 7.92. The van der Waals surface area contributed by atoms with Crippen LogP contribution in [0.2, 0.25) is 0 Å². The zero-order chi connectivity index (χ0) is 24.3. The number of nitriles is 1. The van der Waals surface area contributed by atoms with Crippen LogP contribution in [-0.4, -0.2) is 44.3 Å². The molecular formula is C20H20N4O9. The number of pyridine rings is 1. The summed E-state index contributed by atoms with van der Waals surface area (Å²) in [4.78, 5) is 42.6. The first kappa shape index (κ1) is 23.5. The van der Waals surface area contributed by atoms with E-state index in [1.54, 1.807) is 26.0 Å². The largest absolute Gasteiger partial charge is 0.485 e. The molecule has 3 rings (SSSR count).